The first-order chi connectivity index (χ1) is 14.4. The second kappa shape index (κ2) is 10.00. The lowest BCUT2D eigenvalue weighted by atomic mass is 10.2. The van der Waals surface area contributed by atoms with Crippen LogP contribution in [-0.4, -0.2) is 72.1 Å². The Bertz CT molecular complexity index is 774. The van der Waals surface area contributed by atoms with Gasteiger partial charge in [-0.15, -0.1) is 0 Å². The molecule has 0 N–H and O–H groups in total. The fraction of sp³-hybridized carbons (Fsp3) is 0.591. The monoisotopic (exact) mass is 436 g/mol. The van der Waals surface area contributed by atoms with Gasteiger partial charge < -0.3 is 18.9 Å². The maximum atomic E-state index is 12.8. The highest BCUT2D eigenvalue weighted by molar-refractivity contribution is 5.78. The second-order valence-electron chi connectivity index (χ2n) is 8.76. The minimum Gasteiger partial charge on any atom is -0.468 e. The van der Waals surface area contributed by atoms with Gasteiger partial charge in [-0.05, 0) is 40.2 Å². The van der Waals surface area contributed by atoms with Crippen LogP contribution in [0.2, 0.25) is 0 Å². The van der Waals surface area contributed by atoms with Gasteiger partial charge in [0.1, 0.15) is 24.5 Å². The Labute approximate surface area is 183 Å². The van der Waals surface area contributed by atoms with E-state index in [1.165, 1.54) is 16.9 Å². The maximum Gasteiger partial charge on any atom is 0.412 e. The van der Waals surface area contributed by atoms with E-state index >= 15 is 0 Å². The van der Waals surface area contributed by atoms with Crippen LogP contribution in [0.15, 0.2) is 30.3 Å². The minimum absolute atomic E-state index is 0.0192. The third kappa shape index (κ3) is 7.13. The van der Waals surface area contributed by atoms with Crippen molar-refractivity contribution in [2.45, 2.75) is 58.6 Å². The zero-order valence-electron chi connectivity index (χ0n) is 19.0. The van der Waals surface area contributed by atoms with Crippen molar-refractivity contribution in [1.29, 1.82) is 0 Å². The van der Waals surface area contributed by atoms with E-state index in [1.54, 1.807) is 34.6 Å². The predicted molar refractivity (Wildman–Crippen MR) is 112 cm³/mol. The Morgan fingerprint density at radius 3 is 2.42 bits per heavy atom. The minimum atomic E-state index is -0.933. The molecule has 31 heavy (non-hydrogen) atoms. The molecule has 0 aliphatic carbocycles. The number of carbonyl (C=O) groups is 3. The summed E-state index contributed by atoms with van der Waals surface area (Å²) >= 11 is 0. The summed E-state index contributed by atoms with van der Waals surface area (Å²) in [5, 5.41) is 0. The summed E-state index contributed by atoms with van der Waals surface area (Å²) in [5.74, 6) is -0.598. The molecule has 172 valence electrons. The van der Waals surface area contributed by atoms with Gasteiger partial charge in [-0.3, -0.25) is 14.6 Å². The summed E-state index contributed by atoms with van der Waals surface area (Å²) < 4.78 is 21.4. The second-order valence-corrected chi connectivity index (χ2v) is 8.76. The molecule has 9 heteroatoms. The van der Waals surface area contributed by atoms with Gasteiger partial charge in [-0.2, -0.15) is 0 Å². The average Bonchev–Trinajstić information content (AvgIpc) is 2.99. The molecule has 0 saturated carbocycles. The zero-order valence-corrected chi connectivity index (χ0v) is 19.0. The van der Waals surface area contributed by atoms with E-state index in [1.807, 2.05) is 30.3 Å². The van der Waals surface area contributed by atoms with Crippen molar-refractivity contribution in [1.82, 2.24) is 9.80 Å². The zero-order chi connectivity index (χ0) is 23.2. The SMILES string of the molecule is COC(=O)CN(CC1COC(C)(C)N1C(=O)OC(C)(C)C)C(=O)OCc1ccccc1. The smallest absolute Gasteiger partial charge is 0.412 e. The van der Waals surface area contributed by atoms with Crippen LogP contribution >= 0.6 is 0 Å². The lowest BCUT2D eigenvalue weighted by Crippen LogP contribution is -2.54. The molecule has 1 aromatic rings. The highest BCUT2D eigenvalue weighted by Gasteiger charge is 2.46. The molecule has 2 rings (SSSR count). The molecule has 1 aliphatic rings. The molecule has 9 nitrogen and oxygen atoms in total. The van der Waals surface area contributed by atoms with E-state index in [0.29, 0.717) is 0 Å². The van der Waals surface area contributed by atoms with Gasteiger partial charge in [0.2, 0.25) is 0 Å². The summed E-state index contributed by atoms with van der Waals surface area (Å²) in [4.78, 5) is 40.1. The number of amides is 2. The molecule has 1 atom stereocenters. The van der Waals surface area contributed by atoms with Gasteiger partial charge in [-0.25, -0.2) is 9.59 Å². The quantitative estimate of drug-likeness (QED) is 0.499. The van der Waals surface area contributed by atoms with Crippen molar-refractivity contribution in [2.75, 3.05) is 26.8 Å². The largest absolute Gasteiger partial charge is 0.468 e. The molecule has 1 unspecified atom stereocenters. The third-order valence-corrected chi connectivity index (χ3v) is 4.61. The van der Waals surface area contributed by atoms with Gasteiger partial charge in [0.25, 0.3) is 0 Å². The van der Waals surface area contributed by atoms with Crippen LogP contribution in [0.1, 0.15) is 40.2 Å². The van der Waals surface area contributed by atoms with Crippen molar-refractivity contribution >= 4 is 18.2 Å². The van der Waals surface area contributed by atoms with E-state index in [9.17, 15) is 14.4 Å². The molecule has 0 aromatic heterocycles. The summed E-state index contributed by atoms with van der Waals surface area (Å²) in [6.45, 7) is 8.74. The average molecular weight is 437 g/mol. The van der Waals surface area contributed by atoms with Crippen molar-refractivity contribution in [3.05, 3.63) is 35.9 Å². The van der Waals surface area contributed by atoms with Crippen LogP contribution in [0.5, 0.6) is 0 Å². The summed E-state index contributed by atoms with van der Waals surface area (Å²) in [6.07, 6.45) is -1.25. The number of ether oxygens (including phenoxy) is 4. The molecule has 2 amide bonds. The van der Waals surface area contributed by atoms with E-state index in [0.717, 1.165) is 5.56 Å². The summed E-state index contributed by atoms with van der Waals surface area (Å²) in [6, 6.07) is 8.67. The number of methoxy groups -OCH3 is 1. The molecule has 1 heterocycles. The molecule has 0 bridgehead atoms. The van der Waals surface area contributed by atoms with Crippen LogP contribution in [0, 0.1) is 0 Å². The molecular weight excluding hydrogens is 404 g/mol. The van der Waals surface area contributed by atoms with Gasteiger partial charge in [-0.1, -0.05) is 30.3 Å². The van der Waals surface area contributed by atoms with E-state index < -0.39 is 35.5 Å². The third-order valence-electron chi connectivity index (χ3n) is 4.61. The standard InChI is InChI=1S/C22H32N2O7/c1-21(2,3)31-20(27)24-17(15-30-22(24,4)5)12-23(13-18(25)28-6)19(26)29-14-16-10-8-7-9-11-16/h7-11,17H,12-15H2,1-6H3. The van der Waals surface area contributed by atoms with E-state index in [2.05, 4.69) is 0 Å². The summed E-state index contributed by atoms with van der Waals surface area (Å²) in [7, 11) is 1.24. The van der Waals surface area contributed by atoms with E-state index in [4.69, 9.17) is 18.9 Å². The van der Waals surface area contributed by atoms with Crippen LogP contribution in [0.4, 0.5) is 9.59 Å². The van der Waals surface area contributed by atoms with Crippen LogP contribution in [0.3, 0.4) is 0 Å². The summed E-state index contributed by atoms with van der Waals surface area (Å²) in [5.41, 5.74) is -0.812. The van der Waals surface area contributed by atoms with Crippen molar-refractivity contribution in [2.24, 2.45) is 0 Å². The van der Waals surface area contributed by atoms with Crippen molar-refractivity contribution in [3.63, 3.8) is 0 Å². The molecule has 1 fully saturated rings. The lowest BCUT2D eigenvalue weighted by molar-refractivity contribution is -0.141. The Morgan fingerprint density at radius 2 is 1.84 bits per heavy atom. The number of hydrogen-bond acceptors (Lipinski definition) is 7. The topological polar surface area (TPSA) is 94.6 Å². The Morgan fingerprint density at radius 1 is 1.19 bits per heavy atom. The normalized spacial score (nSPS) is 17.7. The van der Waals surface area contributed by atoms with Gasteiger partial charge >= 0.3 is 18.2 Å². The van der Waals surface area contributed by atoms with Crippen molar-refractivity contribution < 1.29 is 33.3 Å². The molecule has 1 aliphatic heterocycles. The lowest BCUT2D eigenvalue weighted by Gasteiger charge is -2.36. The molecule has 0 spiro atoms. The molecule has 1 aromatic carbocycles. The Hall–Kier alpha value is -2.81. The molecule has 1 saturated heterocycles. The van der Waals surface area contributed by atoms with Gasteiger partial charge in [0, 0.05) is 6.54 Å². The number of hydrogen-bond donors (Lipinski definition) is 0. The maximum absolute atomic E-state index is 12.8. The molecule has 0 radical (unpaired) electrons. The Kier molecular flexibility index (Phi) is 7.89. The Balaban J connectivity index is 2.14. The number of esters is 1. The fourth-order valence-corrected chi connectivity index (χ4v) is 3.19. The highest BCUT2D eigenvalue weighted by Crippen LogP contribution is 2.30. The van der Waals surface area contributed by atoms with Gasteiger partial charge in [0.05, 0.1) is 19.8 Å². The van der Waals surface area contributed by atoms with Crippen LogP contribution in [0.25, 0.3) is 0 Å². The number of rotatable bonds is 6. The fourth-order valence-electron chi connectivity index (χ4n) is 3.19. The van der Waals surface area contributed by atoms with Gasteiger partial charge in [0.15, 0.2) is 0 Å². The number of benzene rings is 1. The number of nitrogens with zero attached hydrogens (tertiary/aromatic N) is 2. The van der Waals surface area contributed by atoms with Crippen LogP contribution < -0.4 is 0 Å². The molecular formula is C22H32N2O7. The van der Waals surface area contributed by atoms with E-state index in [-0.39, 0.29) is 26.3 Å². The van der Waals surface area contributed by atoms with Crippen LogP contribution in [-0.2, 0) is 30.3 Å². The highest BCUT2D eigenvalue weighted by atomic mass is 16.6. The predicted octanol–water partition coefficient (Wildman–Crippen LogP) is 3.17. The first-order valence-corrected chi connectivity index (χ1v) is 10.1. The number of carbonyl (C=O) groups excluding carboxylic acids is 3. The first-order valence-electron chi connectivity index (χ1n) is 10.1. The first kappa shape index (κ1) is 24.5. The van der Waals surface area contributed by atoms with Crippen molar-refractivity contribution in [3.8, 4) is 0 Å².